The van der Waals surface area contributed by atoms with Gasteiger partial charge in [-0.1, -0.05) is 297 Å². The zero-order valence-corrected chi connectivity index (χ0v) is 44.5. The van der Waals surface area contributed by atoms with Gasteiger partial charge in [-0.25, -0.2) is 0 Å². The van der Waals surface area contributed by atoms with E-state index in [4.69, 9.17) is 14.2 Å². The van der Waals surface area contributed by atoms with E-state index in [9.17, 15) is 14.4 Å². The fourth-order valence-electron chi connectivity index (χ4n) is 9.10. The highest BCUT2D eigenvalue weighted by Crippen LogP contribution is 2.18. The van der Waals surface area contributed by atoms with Crippen LogP contribution in [-0.2, 0) is 28.6 Å². The first-order chi connectivity index (χ1) is 31.9. The summed E-state index contributed by atoms with van der Waals surface area (Å²) in [5.74, 6) is 0.0178. The Morgan fingerprint density at radius 1 is 0.292 bits per heavy atom. The van der Waals surface area contributed by atoms with E-state index >= 15 is 0 Å². The number of hydrogen-bond donors (Lipinski definition) is 0. The summed E-state index contributed by atoms with van der Waals surface area (Å²) in [4.78, 5) is 38.1. The Hall–Kier alpha value is -1.59. The Labute approximate surface area is 406 Å². The molecule has 0 radical (unpaired) electrons. The summed E-state index contributed by atoms with van der Waals surface area (Å²) in [6.07, 6.45) is 58.1. The first kappa shape index (κ1) is 63.4. The second-order valence-electron chi connectivity index (χ2n) is 20.8. The molecule has 6 heteroatoms. The average molecular weight is 920 g/mol. The number of unbranched alkanes of at least 4 members (excludes halogenated alkanes) is 41. The van der Waals surface area contributed by atoms with Crippen molar-refractivity contribution in [2.45, 2.75) is 342 Å². The molecule has 0 saturated heterocycles. The highest BCUT2D eigenvalue weighted by atomic mass is 16.6. The fourth-order valence-corrected chi connectivity index (χ4v) is 9.10. The summed E-state index contributed by atoms with van der Waals surface area (Å²) in [5, 5.41) is 0. The lowest BCUT2D eigenvalue weighted by atomic mass is 10.0. The summed E-state index contributed by atoms with van der Waals surface area (Å²) in [7, 11) is 0. The van der Waals surface area contributed by atoms with Crippen molar-refractivity contribution >= 4 is 17.9 Å². The molecule has 0 fully saturated rings. The van der Waals surface area contributed by atoms with Crippen molar-refractivity contribution in [2.24, 2.45) is 5.92 Å². The Balaban J connectivity index is 4.27. The number of carbonyl (C=O) groups is 3. The molecule has 0 aliphatic heterocycles. The van der Waals surface area contributed by atoms with Gasteiger partial charge in [-0.2, -0.15) is 0 Å². The molecule has 0 rings (SSSR count). The van der Waals surface area contributed by atoms with E-state index < -0.39 is 6.10 Å². The Bertz CT molecular complexity index is 980. The van der Waals surface area contributed by atoms with E-state index in [0.717, 1.165) is 63.7 Å². The van der Waals surface area contributed by atoms with Gasteiger partial charge in [0, 0.05) is 19.3 Å². The third kappa shape index (κ3) is 53.2. The third-order valence-corrected chi connectivity index (χ3v) is 13.5. The third-order valence-electron chi connectivity index (χ3n) is 13.5. The van der Waals surface area contributed by atoms with Gasteiger partial charge in [0.25, 0.3) is 0 Å². The lowest BCUT2D eigenvalue weighted by Crippen LogP contribution is -2.30. The maximum Gasteiger partial charge on any atom is 0.306 e. The standard InChI is InChI=1S/C59H114O6/c1-5-7-9-11-13-15-17-19-20-24-27-31-35-39-43-47-51-58(61)64-54-56(53-63-57(60)50-46-42-38-34-30-18-16-14-12-10-8-6-2)65-59(62)52-48-44-40-36-32-28-25-22-21-23-26-29-33-37-41-45-49-55(3)4/h55-56H,5-54H2,1-4H3/t56-/m1/s1. The minimum Gasteiger partial charge on any atom is -0.462 e. The van der Waals surface area contributed by atoms with E-state index in [-0.39, 0.29) is 31.1 Å². The molecule has 0 aliphatic rings. The van der Waals surface area contributed by atoms with Crippen LogP contribution in [0.5, 0.6) is 0 Å². The SMILES string of the molecule is CCCCCCCCCCCCCCCCCCC(=O)OC[C@@H](COC(=O)CCCCCCCCCCCCCC)OC(=O)CCCCCCCCCCCCCCCCCCC(C)C. The fraction of sp³-hybridized carbons (Fsp3) is 0.949. The van der Waals surface area contributed by atoms with E-state index in [1.54, 1.807) is 0 Å². The molecule has 0 bridgehead atoms. The number of rotatable bonds is 54. The van der Waals surface area contributed by atoms with Crippen LogP contribution in [0.1, 0.15) is 336 Å². The molecule has 0 heterocycles. The van der Waals surface area contributed by atoms with Crippen LogP contribution in [0.4, 0.5) is 0 Å². The Kier molecular flexibility index (Phi) is 52.1. The minimum absolute atomic E-state index is 0.0616. The van der Waals surface area contributed by atoms with Crippen molar-refractivity contribution < 1.29 is 28.6 Å². The molecule has 0 saturated carbocycles. The summed E-state index contributed by atoms with van der Waals surface area (Å²) in [5.41, 5.74) is 0. The molecule has 1 atom stereocenters. The maximum absolute atomic E-state index is 12.9. The second kappa shape index (κ2) is 53.4. The molecule has 0 aromatic heterocycles. The van der Waals surface area contributed by atoms with Gasteiger partial charge >= 0.3 is 17.9 Å². The quantitative estimate of drug-likeness (QED) is 0.0344. The van der Waals surface area contributed by atoms with E-state index in [2.05, 4.69) is 27.7 Å². The van der Waals surface area contributed by atoms with Crippen LogP contribution in [0.15, 0.2) is 0 Å². The summed E-state index contributed by atoms with van der Waals surface area (Å²) < 4.78 is 16.9. The summed E-state index contributed by atoms with van der Waals surface area (Å²) >= 11 is 0. The normalized spacial score (nSPS) is 12.0. The molecule has 0 amide bonds. The van der Waals surface area contributed by atoms with Gasteiger partial charge in [0.2, 0.25) is 0 Å². The van der Waals surface area contributed by atoms with Gasteiger partial charge in [-0.05, 0) is 25.2 Å². The topological polar surface area (TPSA) is 78.9 Å². The number of hydrogen-bond acceptors (Lipinski definition) is 6. The number of carbonyl (C=O) groups excluding carboxylic acids is 3. The summed E-state index contributed by atoms with van der Waals surface area (Å²) in [6, 6.07) is 0. The van der Waals surface area contributed by atoms with Crippen molar-refractivity contribution in [1.29, 1.82) is 0 Å². The number of ether oxygens (including phenoxy) is 3. The van der Waals surface area contributed by atoms with Crippen molar-refractivity contribution in [3.8, 4) is 0 Å². The maximum atomic E-state index is 12.9. The highest BCUT2D eigenvalue weighted by molar-refractivity contribution is 5.71. The predicted molar refractivity (Wildman–Crippen MR) is 280 cm³/mol. The molecule has 0 aliphatic carbocycles. The van der Waals surface area contributed by atoms with Gasteiger partial charge in [-0.15, -0.1) is 0 Å². The number of esters is 3. The molecule has 386 valence electrons. The largest absolute Gasteiger partial charge is 0.462 e. The monoisotopic (exact) mass is 919 g/mol. The lowest BCUT2D eigenvalue weighted by Gasteiger charge is -2.18. The average Bonchev–Trinajstić information content (AvgIpc) is 3.29. The van der Waals surface area contributed by atoms with Crippen molar-refractivity contribution in [3.05, 3.63) is 0 Å². The first-order valence-corrected chi connectivity index (χ1v) is 29.4. The minimum atomic E-state index is -0.761. The van der Waals surface area contributed by atoms with Crippen LogP contribution in [0.3, 0.4) is 0 Å². The molecular weight excluding hydrogens is 805 g/mol. The molecule has 0 unspecified atom stereocenters. The van der Waals surface area contributed by atoms with Gasteiger partial charge in [-0.3, -0.25) is 14.4 Å². The van der Waals surface area contributed by atoms with Gasteiger partial charge in [0.05, 0.1) is 0 Å². The molecular formula is C59H114O6. The van der Waals surface area contributed by atoms with Crippen LogP contribution < -0.4 is 0 Å². The van der Waals surface area contributed by atoms with Gasteiger partial charge in [0.15, 0.2) is 6.10 Å². The smallest absolute Gasteiger partial charge is 0.306 e. The zero-order chi connectivity index (χ0) is 47.4. The van der Waals surface area contributed by atoms with E-state index in [1.165, 1.54) is 231 Å². The van der Waals surface area contributed by atoms with Crippen LogP contribution in [-0.4, -0.2) is 37.2 Å². The molecule has 0 spiro atoms. The lowest BCUT2D eigenvalue weighted by molar-refractivity contribution is -0.167. The van der Waals surface area contributed by atoms with E-state index in [0.29, 0.717) is 19.3 Å². The Morgan fingerprint density at radius 3 is 0.754 bits per heavy atom. The highest BCUT2D eigenvalue weighted by Gasteiger charge is 2.19. The zero-order valence-electron chi connectivity index (χ0n) is 44.5. The Morgan fingerprint density at radius 2 is 0.508 bits per heavy atom. The molecule has 0 N–H and O–H groups in total. The van der Waals surface area contributed by atoms with E-state index in [1.807, 2.05) is 0 Å². The molecule has 0 aromatic rings. The van der Waals surface area contributed by atoms with Crippen LogP contribution >= 0.6 is 0 Å². The molecule has 65 heavy (non-hydrogen) atoms. The predicted octanol–water partition coefficient (Wildman–Crippen LogP) is 19.4. The van der Waals surface area contributed by atoms with Crippen LogP contribution in [0, 0.1) is 5.92 Å². The summed E-state index contributed by atoms with van der Waals surface area (Å²) in [6.45, 7) is 9.07. The van der Waals surface area contributed by atoms with Crippen molar-refractivity contribution in [1.82, 2.24) is 0 Å². The van der Waals surface area contributed by atoms with Crippen LogP contribution in [0.2, 0.25) is 0 Å². The second-order valence-corrected chi connectivity index (χ2v) is 20.8. The first-order valence-electron chi connectivity index (χ1n) is 29.4. The van der Waals surface area contributed by atoms with Crippen molar-refractivity contribution in [3.63, 3.8) is 0 Å². The molecule has 0 aromatic carbocycles. The van der Waals surface area contributed by atoms with Gasteiger partial charge < -0.3 is 14.2 Å². The van der Waals surface area contributed by atoms with Crippen molar-refractivity contribution in [2.75, 3.05) is 13.2 Å². The van der Waals surface area contributed by atoms with Crippen LogP contribution in [0.25, 0.3) is 0 Å². The van der Waals surface area contributed by atoms with Gasteiger partial charge in [0.1, 0.15) is 13.2 Å². The molecule has 6 nitrogen and oxygen atoms in total.